The highest BCUT2D eigenvalue weighted by molar-refractivity contribution is 7.88. The van der Waals surface area contributed by atoms with Gasteiger partial charge in [-0.25, -0.2) is 8.42 Å². The van der Waals surface area contributed by atoms with Crippen molar-refractivity contribution in [3.63, 3.8) is 0 Å². The fourth-order valence-corrected chi connectivity index (χ4v) is 2.91. The molecule has 0 amide bonds. The Balaban J connectivity index is 1.98. The number of hydrogen-bond acceptors (Lipinski definition) is 6. The van der Waals surface area contributed by atoms with Crippen LogP contribution in [0.4, 0.5) is 0 Å². The monoisotopic (exact) mass is 313 g/mol. The van der Waals surface area contributed by atoms with Crippen molar-refractivity contribution in [2.45, 2.75) is 38.9 Å². The summed E-state index contributed by atoms with van der Waals surface area (Å²) < 4.78 is 35.7. The molecule has 1 aliphatic rings. The first-order valence-corrected chi connectivity index (χ1v) is 8.55. The lowest BCUT2D eigenvalue weighted by molar-refractivity contribution is 0.0189. The number of ether oxygens (including phenoxy) is 1. The van der Waals surface area contributed by atoms with Crippen molar-refractivity contribution in [3.05, 3.63) is 11.7 Å². The highest BCUT2D eigenvalue weighted by atomic mass is 32.2. The van der Waals surface area contributed by atoms with Crippen LogP contribution < -0.4 is 0 Å². The van der Waals surface area contributed by atoms with E-state index in [1.807, 2.05) is 0 Å². The molecule has 21 heavy (non-hydrogen) atoms. The maximum atomic E-state index is 11.7. The first-order valence-electron chi connectivity index (χ1n) is 6.70. The lowest BCUT2D eigenvalue weighted by Crippen LogP contribution is -2.37. The van der Waals surface area contributed by atoms with Crippen LogP contribution in [0, 0.1) is 18.8 Å². The van der Waals surface area contributed by atoms with Crippen molar-refractivity contribution in [2.75, 3.05) is 19.3 Å². The molecule has 7 nitrogen and oxygen atoms in total. The van der Waals surface area contributed by atoms with Gasteiger partial charge in [0, 0.05) is 6.54 Å². The van der Waals surface area contributed by atoms with E-state index in [1.165, 1.54) is 10.6 Å². The van der Waals surface area contributed by atoms with Gasteiger partial charge in [0.25, 0.3) is 5.89 Å². The molecule has 0 saturated carbocycles. The first-order chi connectivity index (χ1) is 9.90. The Morgan fingerprint density at radius 1 is 1.43 bits per heavy atom. The summed E-state index contributed by atoms with van der Waals surface area (Å²) in [5.41, 5.74) is 0. The molecule has 0 aliphatic carbocycles. The van der Waals surface area contributed by atoms with Gasteiger partial charge in [0.05, 0.1) is 18.9 Å². The zero-order valence-corrected chi connectivity index (χ0v) is 13.2. The van der Waals surface area contributed by atoms with Crippen LogP contribution in [-0.2, 0) is 14.8 Å². The Morgan fingerprint density at radius 2 is 2.19 bits per heavy atom. The lowest BCUT2D eigenvalue weighted by Gasteiger charge is -2.21. The Bertz CT molecular complexity index is 644. The predicted octanol–water partition coefficient (Wildman–Crippen LogP) is 0.883. The highest BCUT2D eigenvalue weighted by Gasteiger charge is 2.33. The zero-order chi connectivity index (χ0) is 15.5. The molecular formula is C13H19N3O4S. The van der Waals surface area contributed by atoms with Crippen LogP contribution >= 0.6 is 0 Å². The molecule has 116 valence electrons. The molecule has 0 spiro atoms. The second-order valence-electron chi connectivity index (χ2n) is 4.99. The Labute approximate surface area is 124 Å². The zero-order valence-electron chi connectivity index (χ0n) is 12.4. The minimum atomic E-state index is -3.30. The second-order valence-corrected chi connectivity index (χ2v) is 6.97. The molecule has 2 rings (SSSR count). The number of hydrogen-bond donors (Lipinski definition) is 0. The lowest BCUT2D eigenvalue weighted by atomic mass is 10.2. The molecule has 0 bridgehead atoms. The fourth-order valence-electron chi connectivity index (χ4n) is 2.18. The maximum Gasteiger partial charge on any atom is 0.255 e. The van der Waals surface area contributed by atoms with Crippen molar-refractivity contribution < 1.29 is 17.7 Å². The van der Waals surface area contributed by atoms with Crippen LogP contribution in [0.1, 0.15) is 37.6 Å². The fraction of sp³-hybridized carbons (Fsp3) is 0.692. The summed E-state index contributed by atoms with van der Waals surface area (Å²) in [4.78, 5) is 4.15. The molecule has 2 heterocycles. The number of aryl methyl sites for hydroxylation is 1. The average molecular weight is 313 g/mol. The van der Waals surface area contributed by atoms with Crippen molar-refractivity contribution in [3.8, 4) is 11.8 Å². The van der Waals surface area contributed by atoms with Crippen LogP contribution in [0.25, 0.3) is 0 Å². The molecule has 1 aliphatic heterocycles. The van der Waals surface area contributed by atoms with Crippen molar-refractivity contribution in [1.29, 1.82) is 0 Å². The minimum Gasteiger partial charge on any atom is -0.364 e. The number of rotatable bonds is 5. The average Bonchev–Trinajstić information content (AvgIpc) is 3.01. The van der Waals surface area contributed by atoms with E-state index in [0.29, 0.717) is 11.7 Å². The van der Waals surface area contributed by atoms with Gasteiger partial charge in [-0.05, 0) is 26.7 Å². The molecule has 1 aromatic rings. The topological polar surface area (TPSA) is 85.5 Å². The van der Waals surface area contributed by atoms with Crippen LogP contribution in [0.15, 0.2) is 4.52 Å². The summed E-state index contributed by atoms with van der Waals surface area (Å²) in [6.07, 6.45) is 2.23. The van der Waals surface area contributed by atoms with Crippen LogP contribution in [0.5, 0.6) is 0 Å². The number of aromatic nitrogens is 2. The summed E-state index contributed by atoms with van der Waals surface area (Å²) in [5.74, 6) is 6.49. The smallest absolute Gasteiger partial charge is 0.255 e. The van der Waals surface area contributed by atoms with E-state index in [1.54, 1.807) is 13.8 Å². The standard InChI is InChI=1S/C13H19N3O4S/c1-4-5-8-16(21(3,17)18)9-11-6-7-12(19-11)13-14-10(2)15-20-13/h11-12H,6-9H2,1-3H3/t11-,12+/m1/s1. The van der Waals surface area contributed by atoms with E-state index in [2.05, 4.69) is 22.0 Å². The van der Waals surface area contributed by atoms with Crippen LogP contribution in [0.3, 0.4) is 0 Å². The van der Waals surface area contributed by atoms with Crippen molar-refractivity contribution in [1.82, 2.24) is 14.4 Å². The Hall–Kier alpha value is -1.43. The van der Waals surface area contributed by atoms with E-state index in [0.717, 1.165) is 12.8 Å². The van der Waals surface area contributed by atoms with Crippen LogP contribution in [0.2, 0.25) is 0 Å². The molecule has 0 aromatic carbocycles. The third kappa shape index (κ3) is 4.27. The first kappa shape index (κ1) is 15.9. The van der Waals surface area contributed by atoms with E-state index < -0.39 is 10.0 Å². The van der Waals surface area contributed by atoms with Gasteiger partial charge < -0.3 is 9.26 Å². The van der Waals surface area contributed by atoms with Gasteiger partial charge >= 0.3 is 0 Å². The molecule has 0 unspecified atom stereocenters. The van der Waals surface area contributed by atoms with Gasteiger partial charge in [-0.3, -0.25) is 0 Å². The Kier molecular flexibility index (Phi) is 4.98. The van der Waals surface area contributed by atoms with Gasteiger partial charge in [-0.1, -0.05) is 11.1 Å². The number of sulfonamides is 1. The maximum absolute atomic E-state index is 11.7. The molecule has 0 N–H and O–H groups in total. The van der Waals surface area contributed by atoms with Crippen molar-refractivity contribution >= 4 is 10.0 Å². The van der Waals surface area contributed by atoms with E-state index >= 15 is 0 Å². The third-order valence-electron chi connectivity index (χ3n) is 3.23. The van der Waals surface area contributed by atoms with Gasteiger partial charge in [0.1, 0.15) is 6.10 Å². The van der Waals surface area contributed by atoms with Crippen molar-refractivity contribution in [2.24, 2.45) is 0 Å². The molecule has 1 aromatic heterocycles. The normalized spacial score (nSPS) is 22.3. The summed E-state index contributed by atoms with van der Waals surface area (Å²) in [5, 5.41) is 3.74. The predicted molar refractivity (Wildman–Crippen MR) is 75.7 cm³/mol. The Morgan fingerprint density at radius 3 is 2.76 bits per heavy atom. The van der Waals surface area contributed by atoms with Crippen LogP contribution in [-0.4, -0.2) is 48.3 Å². The van der Waals surface area contributed by atoms with Gasteiger partial charge in [-0.15, -0.1) is 5.92 Å². The molecular weight excluding hydrogens is 294 g/mol. The van der Waals surface area contributed by atoms with Gasteiger partial charge in [-0.2, -0.15) is 9.29 Å². The highest BCUT2D eigenvalue weighted by Crippen LogP contribution is 2.32. The van der Waals surface area contributed by atoms with E-state index in [4.69, 9.17) is 9.26 Å². The minimum absolute atomic E-state index is 0.180. The molecule has 1 fully saturated rings. The summed E-state index contributed by atoms with van der Waals surface area (Å²) in [6.45, 7) is 3.89. The molecule has 0 radical (unpaired) electrons. The van der Waals surface area contributed by atoms with Gasteiger partial charge in [0.15, 0.2) is 5.82 Å². The summed E-state index contributed by atoms with van der Waals surface area (Å²) >= 11 is 0. The molecule has 8 heteroatoms. The molecule has 1 saturated heterocycles. The number of nitrogens with zero attached hydrogens (tertiary/aromatic N) is 3. The van der Waals surface area contributed by atoms with E-state index in [9.17, 15) is 8.42 Å². The SMILES string of the molecule is CC#CCN(C[C@H]1CC[C@@H](c2nc(C)no2)O1)S(C)(=O)=O. The van der Waals surface area contributed by atoms with Gasteiger partial charge in [0.2, 0.25) is 10.0 Å². The third-order valence-corrected chi connectivity index (χ3v) is 4.45. The summed E-state index contributed by atoms with van der Waals surface area (Å²) in [6, 6.07) is 0. The largest absolute Gasteiger partial charge is 0.364 e. The quantitative estimate of drug-likeness (QED) is 0.750. The van der Waals surface area contributed by atoms with E-state index in [-0.39, 0.29) is 25.3 Å². The second kappa shape index (κ2) is 6.56. The molecule has 2 atom stereocenters. The summed E-state index contributed by atoms with van der Waals surface area (Å²) in [7, 11) is -3.30.